The zero-order chi connectivity index (χ0) is 17.0. The Labute approximate surface area is 166 Å². The number of para-hydroxylation sites is 2. The molecular formula is C18H28Cl2N4O2. The Morgan fingerprint density at radius 2 is 2.00 bits per heavy atom. The van der Waals surface area contributed by atoms with Gasteiger partial charge in [0.2, 0.25) is 5.91 Å². The monoisotopic (exact) mass is 402 g/mol. The SMILES string of the molecule is COCC1(C(=O)NCCn2c(C)nc3ccccc32)CCNCC1.Cl.Cl. The summed E-state index contributed by atoms with van der Waals surface area (Å²) in [5, 5.41) is 6.42. The fourth-order valence-electron chi connectivity index (χ4n) is 3.57. The number of nitrogens with zero attached hydrogens (tertiary/aromatic N) is 2. The van der Waals surface area contributed by atoms with Crippen molar-refractivity contribution < 1.29 is 9.53 Å². The lowest BCUT2D eigenvalue weighted by Gasteiger charge is -2.35. The number of nitrogens with one attached hydrogen (secondary N) is 2. The van der Waals surface area contributed by atoms with Crippen molar-refractivity contribution in [2.75, 3.05) is 33.4 Å². The highest BCUT2D eigenvalue weighted by Gasteiger charge is 2.39. The molecule has 0 saturated carbocycles. The molecule has 6 nitrogen and oxygen atoms in total. The van der Waals surface area contributed by atoms with Crippen molar-refractivity contribution in [2.45, 2.75) is 26.3 Å². The number of aromatic nitrogens is 2. The molecule has 1 fully saturated rings. The van der Waals surface area contributed by atoms with Gasteiger partial charge in [-0.2, -0.15) is 0 Å². The van der Waals surface area contributed by atoms with Crippen molar-refractivity contribution in [1.82, 2.24) is 20.2 Å². The van der Waals surface area contributed by atoms with Gasteiger partial charge in [-0.1, -0.05) is 12.1 Å². The van der Waals surface area contributed by atoms with Crippen LogP contribution in [0.1, 0.15) is 18.7 Å². The Balaban J connectivity index is 0.00000169. The van der Waals surface area contributed by atoms with E-state index in [1.807, 2.05) is 25.1 Å². The van der Waals surface area contributed by atoms with E-state index in [1.165, 1.54) is 0 Å². The van der Waals surface area contributed by atoms with Gasteiger partial charge in [-0.05, 0) is 45.0 Å². The first-order valence-corrected chi connectivity index (χ1v) is 8.56. The largest absolute Gasteiger partial charge is 0.384 e. The maximum atomic E-state index is 12.7. The van der Waals surface area contributed by atoms with Gasteiger partial charge >= 0.3 is 0 Å². The molecule has 0 bridgehead atoms. The van der Waals surface area contributed by atoms with E-state index in [1.54, 1.807) is 7.11 Å². The van der Waals surface area contributed by atoms with Crippen molar-refractivity contribution in [3.63, 3.8) is 0 Å². The van der Waals surface area contributed by atoms with E-state index in [0.29, 0.717) is 13.2 Å². The summed E-state index contributed by atoms with van der Waals surface area (Å²) in [6.45, 7) is 5.52. The first kappa shape index (κ1) is 22.7. The van der Waals surface area contributed by atoms with Crippen molar-refractivity contribution >= 4 is 41.8 Å². The predicted octanol–water partition coefficient (Wildman–Crippen LogP) is 2.32. The van der Waals surface area contributed by atoms with Crippen LogP contribution in [0.3, 0.4) is 0 Å². The number of amides is 1. The molecule has 2 heterocycles. The quantitative estimate of drug-likeness (QED) is 0.777. The summed E-state index contributed by atoms with van der Waals surface area (Å²) in [7, 11) is 1.66. The van der Waals surface area contributed by atoms with Crippen LogP contribution >= 0.6 is 24.8 Å². The number of benzene rings is 1. The van der Waals surface area contributed by atoms with Crippen LogP contribution in [0.2, 0.25) is 0 Å². The number of piperidine rings is 1. The lowest BCUT2D eigenvalue weighted by atomic mass is 9.78. The highest BCUT2D eigenvalue weighted by atomic mass is 35.5. The topological polar surface area (TPSA) is 68.2 Å². The Hall–Kier alpha value is -1.34. The van der Waals surface area contributed by atoms with Gasteiger partial charge in [0.25, 0.3) is 0 Å². The number of carbonyl (C=O) groups excluding carboxylic acids is 1. The molecule has 2 aromatic rings. The van der Waals surface area contributed by atoms with E-state index in [-0.39, 0.29) is 30.7 Å². The number of ether oxygens (including phenoxy) is 1. The zero-order valence-electron chi connectivity index (χ0n) is 15.3. The predicted molar refractivity (Wildman–Crippen MR) is 108 cm³/mol. The molecule has 3 rings (SSSR count). The van der Waals surface area contributed by atoms with E-state index in [9.17, 15) is 4.79 Å². The standard InChI is InChI=1S/C18H26N4O2.2ClH/c1-14-21-15-5-3-4-6-16(15)22(14)12-11-20-17(23)18(13-24-2)7-9-19-10-8-18;;/h3-6,19H,7-13H2,1-2H3,(H,20,23);2*1H. The Kier molecular flexibility index (Phi) is 8.83. The molecule has 1 aliphatic heterocycles. The summed E-state index contributed by atoms with van der Waals surface area (Å²) >= 11 is 0. The number of hydrogen-bond acceptors (Lipinski definition) is 4. The van der Waals surface area contributed by atoms with Gasteiger partial charge in [0.05, 0.1) is 23.1 Å². The molecule has 1 aromatic heterocycles. The number of methoxy groups -OCH3 is 1. The van der Waals surface area contributed by atoms with E-state index in [0.717, 1.165) is 49.3 Å². The average Bonchev–Trinajstić information content (AvgIpc) is 2.91. The van der Waals surface area contributed by atoms with Crippen LogP contribution in [0, 0.1) is 12.3 Å². The van der Waals surface area contributed by atoms with Gasteiger partial charge in [-0.25, -0.2) is 4.98 Å². The fraction of sp³-hybridized carbons (Fsp3) is 0.556. The number of imidazole rings is 1. The smallest absolute Gasteiger partial charge is 0.228 e. The molecule has 146 valence electrons. The van der Waals surface area contributed by atoms with Crippen molar-refractivity contribution in [3.8, 4) is 0 Å². The number of carbonyl (C=O) groups is 1. The molecule has 0 unspecified atom stereocenters. The number of aryl methyl sites for hydroxylation is 1. The van der Waals surface area contributed by atoms with Gasteiger partial charge in [-0.15, -0.1) is 24.8 Å². The van der Waals surface area contributed by atoms with Crippen LogP contribution in [0.4, 0.5) is 0 Å². The summed E-state index contributed by atoms with van der Waals surface area (Å²) in [6, 6.07) is 8.09. The van der Waals surface area contributed by atoms with Crippen molar-refractivity contribution in [1.29, 1.82) is 0 Å². The summed E-state index contributed by atoms with van der Waals surface area (Å²) < 4.78 is 7.48. The summed E-state index contributed by atoms with van der Waals surface area (Å²) in [5.74, 6) is 1.08. The van der Waals surface area contributed by atoms with Gasteiger partial charge in [-0.3, -0.25) is 4.79 Å². The van der Waals surface area contributed by atoms with E-state index in [2.05, 4.69) is 26.3 Å². The average molecular weight is 403 g/mol. The first-order valence-electron chi connectivity index (χ1n) is 8.56. The number of halogens is 2. The molecule has 0 radical (unpaired) electrons. The molecule has 1 saturated heterocycles. The van der Waals surface area contributed by atoms with Crippen LogP contribution in [0.15, 0.2) is 24.3 Å². The third kappa shape index (κ3) is 4.68. The second-order valence-electron chi connectivity index (χ2n) is 6.52. The highest BCUT2D eigenvalue weighted by Crippen LogP contribution is 2.29. The van der Waals surface area contributed by atoms with Crippen LogP contribution in [-0.2, 0) is 16.1 Å². The molecular weight excluding hydrogens is 375 g/mol. The Morgan fingerprint density at radius 3 is 2.69 bits per heavy atom. The molecule has 26 heavy (non-hydrogen) atoms. The van der Waals surface area contributed by atoms with Gasteiger partial charge in [0.15, 0.2) is 0 Å². The van der Waals surface area contributed by atoms with Gasteiger partial charge < -0.3 is 19.9 Å². The van der Waals surface area contributed by atoms with E-state index < -0.39 is 5.41 Å². The molecule has 0 aliphatic carbocycles. The Bertz CT molecular complexity index is 709. The minimum absolute atomic E-state index is 0. The van der Waals surface area contributed by atoms with Crippen molar-refractivity contribution in [3.05, 3.63) is 30.1 Å². The molecule has 1 aliphatic rings. The van der Waals surface area contributed by atoms with E-state index in [4.69, 9.17) is 4.74 Å². The summed E-state index contributed by atoms with van der Waals surface area (Å²) in [4.78, 5) is 17.3. The van der Waals surface area contributed by atoms with Crippen molar-refractivity contribution in [2.24, 2.45) is 5.41 Å². The first-order chi connectivity index (χ1) is 11.7. The number of rotatable bonds is 6. The molecule has 1 aromatic carbocycles. The molecule has 2 N–H and O–H groups in total. The number of hydrogen-bond donors (Lipinski definition) is 2. The second-order valence-corrected chi connectivity index (χ2v) is 6.52. The zero-order valence-corrected chi connectivity index (χ0v) is 16.9. The van der Waals surface area contributed by atoms with E-state index >= 15 is 0 Å². The normalized spacial score (nSPS) is 15.8. The second kappa shape index (κ2) is 10.1. The maximum Gasteiger partial charge on any atom is 0.228 e. The molecule has 1 amide bonds. The molecule has 0 atom stereocenters. The van der Waals surface area contributed by atoms with Crippen LogP contribution in [0.5, 0.6) is 0 Å². The molecule has 8 heteroatoms. The minimum Gasteiger partial charge on any atom is -0.384 e. The third-order valence-corrected chi connectivity index (χ3v) is 4.93. The van der Waals surface area contributed by atoms with Gasteiger partial charge in [0.1, 0.15) is 5.82 Å². The number of fused-ring (bicyclic) bond motifs is 1. The minimum atomic E-state index is -0.397. The lowest BCUT2D eigenvalue weighted by molar-refractivity contribution is -0.136. The summed E-state index contributed by atoms with van der Waals surface area (Å²) in [5.41, 5.74) is 1.71. The van der Waals surface area contributed by atoms with Gasteiger partial charge in [0, 0.05) is 20.2 Å². The van der Waals surface area contributed by atoms with Crippen LogP contribution in [-0.4, -0.2) is 48.8 Å². The fourth-order valence-corrected chi connectivity index (χ4v) is 3.57. The third-order valence-electron chi connectivity index (χ3n) is 4.93. The Morgan fingerprint density at radius 1 is 1.31 bits per heavy atom. The summed E-state index contributed by atoms with van der Waals surface area (Å²) in [6.07, 6.45) is 1.64. The maximum absolute atomic E-state index is 12.7. The highest BCUT2D eigenvalue weighted by molar-refractivity contribution is 5.85. The van der Waals surface area contributed by atoms with Crippen LogP contribution in [0.25, 0.3) is 11.0 Å². The lowest BCUT2D eigenvalue weighted by Crippen LogP contribution is -2.50. The molecule has 0 spiro atoms. The van der Waals surface area contributed by atoms with Crippen LogP contribution < -0.4 is 10.6 Å².